The van der Waals surface area contributed by atoms with E-state index in [9.17, 15) is 4.79 Å². The molecule has 150 valence electrons. The van der Waals surface area contributed by atoms with Gasteiger partial charge in [-0.2, -0.15) is 0 Å². The molecule has 3 rings (SSSR count). The zero-order valence-electron chi connectivity index (χ0n) is 16.2. The zero-order valence-corrected chi connectivity index (χ0v) is 16.2. The van der Waals surface area contributed by atoms with Crippen molar-refractivity contribution in [2.45, 2.75) is 13.3 Å². The summed E-state index contributed by atoms with van der Waals surface area (Å²) in [4.78, 5) is 18.8. The summed E-state index contributed by atoms with van der Waals surface area (Å²) >= 11 is 0. The third kappa shape index (κ3) is 6.51. The number of benzene rings is 1. The summed E-state index contributed by atoms with van der Waals surface area (Å²) in [5.74, 6) is 1.27. The third-order valence-corrected chi connectivity index (χ3v) is 4.38. The first kappa shape index (κ1) is 20.1. The molecule has 1 N–H and O–H groups in total. The molecular weight excluding hydrogens is 358 g/mol. The van der Waals surface area contributed by atoms with Crippen molar-refractivity contribution in [2.24, 2.45) is 0 Å². The van der Waals surface area contributed by atoms with Gasteiger partial charge in [0.05, 0.1) is 38.1 Å². The lowest BCUT2D eigenvalue weighted by Gasteiger charge is -2.26. The molecule has 1 aliphatic heterocycles. The third-order valence-electron chi connectivity index (χ3n) is 4.38. The lowest BCUT2D eigenvalue weighted by molar-refractivity contribution is -0.115. The molecule has 0 spiro atoms. The highest BCUT2D eigenvalue weighted by molar-refractivity contribution is 5.92. The van der Waals surface area contributed by atoms with Gasteiger partial charge in [-0.1, -0.05) is 12.1 Å². The number of rotatable bonds is 9. The van der Waals surface area contributed by atoms with Gasteiger partial charge >= 0.3 is 0 Å². The van der Waals surface area contributed by atoms with Gasteiger partial charge in [0, 0.05) is 25.7 Å². The van der Waals surface area contributed by atoms with Gasteiger partial charge in [-0.25, -0.2) is 4.98 Å². The molecule has 1 aliphatic rings. The Kier molecular flexibility index (Phi) is 7.63. The van der Waals surface area contributed by atoms with Crippen LogP contribution in [0.25, 0.3) is 0 Å². The van der Waals surface area contributed by atoms with Crippen molar-refractivity contribution in [2.75, 3.05) is 51.4 Å². The number of amides is 1. The topological polar surface area (TPSA) is 72.9 Å². The van der Waals surface area contributed by atoms with Crippen LogP contribution in [0.4, 0.5) is 5.69 Å². The zero-order chi connectivity index (χ0) is 19.6. The standard InChI is InChI=1S/C21H27N3O4/c1-2-27-19-6-3-17(4-7-19)15-20(25)23-18-5-8-21(22-16-18)28-14-11-24-9-12-26-13-10-24/h3-8,16H,2,9-15H2,1H3,(H,23,25). The summed E-state index contributed by atoms with van der Waals surface area (Å²) in [6.07, 6.45) is 1.91. The maximum absolute atomic E-state index is 12.2. The van der Waals surface area contributed by atoms with Gasteiger partial charge in [0.15, 0.2) is 0 Å². The van der Waals surface area contributed by atoms with Crippen molar-refractivity contribution in [3.8, 4) is 11.6 Å². The molecule has 2 aromatic rings. The number of nitrogens with one attached hydrogen (secondary N) is 1. The van der Waals surface area contributed by atoms with Gasteiger partial charge in [0.2, 0.25) is 11.8 Å². The minimum atomic E-state index is -0.0908. The molecule has 1 saturated heterocycles. The van der Waals surface area contributed by atoms with Gasteiger partial charge < -0.3 is 19.5 Å². The Bertz CT molecular complexity index is 728. The van der Waals surface area contributed by atoms with Gasteiger partial charge in [0.25, 0.3) is 0 Å². The van der Waals surface area contributed by atoms with Crippen LogP contribution in [-0.2, 0) is 16.0 Å². The average molecular weight is 385 g/mol. The quantitative estimate of drug-likeness (QED) is 0.715. The Balaban J connectivity index is 1.40. The molecule has 0 bridgehead atoms. The van der Waals surface area contributed by atoms with Crippen molar-refractivity contribution in [3.05, 3.63) is 48.2 Å². The van der Waals surface area contributed by atoms with Gasteiger partial charge in [-0.05, 0) is 30.7 Å². The van der Waals surface area contributed by atoms with Crippen LogP contribution in [0.5, 0.6) is 11.6 Å². The van der Waals surface area contributed by atoms with Gasteiger partial charge in [-0.15, -0.1) is 0 Å². The number of carbonyl (C=O) groups is 1. The van der Waals surface area contributed by atoms with E-state index in [-0.39, 0.29) is 5.91 Å². The Hall–Kier alpha value is -2.64. The molecule has 0 aliphatic carbocycles. The average Bonchev–Trinajstić information content (AvgIpc) is 2.72. The Labute approximate surface area is 165 Å². The fourth-order valence-electron chi connectivity index (χ4n) is 2.90. The summed E-state index contributed by atoms with van der Waals surface area (Å²) < 4.78 is 16.4. The molecule has 0 atom stereocenters. The number of anilines is 1. The van der Waals surface area contributed by atoms with Crippen LogP contribution in [-0.4, -0.2) is 61.9 Å². The molecule has 1 aromatic heterocycles. The lowest BCUT2D eigenvalue weighted by Crippen LogP contribution is -2.38. The van der Waals surface area contributed by atoms with Crippen molar-refractivity contribution >= 4 is 11.6 Å². The summed E-state index contributed by atoms with van der Waals surface area (Å²) in [6.45, 7) is 7.44. The predicted molar refractivity (Wildman–Crippen MR) is 107 cm³/mol. The summed E-state index contributed by atoms with van der Waals surface area (Å²) in [6, 6.07) is 11.1. The second-order valence-corrected chi connectivity index (χ2v) is 6.49. The fourth-order valence-corrected chi connectivity index (χ4v) is 2.90. The van der Waals surface area contributed by atoms with Crippen molar-refractivity contribution in [1.82, 2.24) is 9.88 Å². The molecule has 1 fully saturated rings. The number of pyridine rings is 1. The maximum atomic E-state index is 12.2. The summed E-state index contributed by atoms with van der Waals surface area (Å²) in [5.41, 5.74) is 1.58. The second-order valence-electron chi connectivity index (χ2n) is 6.49. The van der Waals surface area contributed by atoms with Gasteiger partial charge in [-0.3, -0.25) is 9.69 Å². The largest absolute Gasteiger partial charge is 0.494 e. The number of carbonyl (C=O) groups excluding carboxylic acids is 1. The van der Waals surface area contributed by atoms with E-state index < -0.39 is 0 Å². The van der Waals surface area contributed by atoms with E-state index in [1.807, 2.05) is 31.2 Å². The normalized spacial score (nSPS) is 14.5. The highest BCUT2D eigenvalue weighted by atomic mass is 16.5. The van der Waals surface area contributed by atoms with E-state index in [1.165, 1.54) is 0 Å². The van der Waals surface area contributed by atoms with E-state index in [2.05, 4.69) is 15.2 Å². The van der Waals surface area contributed by atoms with Crippen LogP contribution in [0.3, 0.4) is 0 Å². The first-order valence-corrected chi connectivity index (χ1v) is 9.63. The van der Waals surface area contributed by atoms with E-state index in [0.717, 1.165) is 44.2 Å². The second kappa shape index (κ2) is 10.6. The molecule has 28 heavy (non-hydrogen) atoms. The minimum Gasteiger partial charge on any atom is -0.494 e. The molecule has 1 amide bonds. The summed E-state index contributed by atoms with van der Waals surface area (Å²) in [5, 5.41) is 2.85. The first-order valence-electron chi connectivity index (χ1n) is 9.63. The maximum Gasteiger partial charge on any atom is 0.228 e. The fraction of sp³-hybridized carbons (Fsp3) is 0.429. The van der Waals surface area contributed by atoms with Crippen LogP contribution < -0.4 is 14.8 Å². The van der Waals surface area contributed by atoms with Crippen LogP contribution in [0.1, 0.15) is 12.5 Å². The lowest BCUT2D eigenvalue weighted by atomic mass is 10.1. The number of nitrogens with zero attached hydrogens (tertiary/aromatic N) is 2. The minimum absolute atomic E-state index is 0.0908. The smallest absolute Gasteiger partial charge is 0.228 e. The molecule has 1 aromatic carbocycles. The van der Waals surface area contributed by atoms with Crippen LogP contribution in [0, 0.1) is 0 Å². The highest BCUT2D eigenvalue weighted by Crippen LogP contribution is 2.15. The summed E-state index contributed by atoms with van der Waals surface area (Å²) in [7, 11) is 0. The molecular formula is C21H27N3O4. The van der Waals surface area contributed by atoms with Crippen molar-refractivity contribution in [1.29, 1.82) is 0 Å². The Morgan fingerprint density at radius 2 is 1.93 bits per heavy atom. The highest BCUT2D eigenvalue weighted by Gasteiger charge is 2.10. The molecule has 0 unspecified atom stereocenters. The van der Waals surface area contributed by atoms with Gasteiger partial charge in [0.1, 0.15) is 12.4 Å². The molecule has 7 heteroatoms. The molecule has 0 radical (unpaired) electrons. The number of hydrogen-bond acceptors (Lipinski definition) is 6. The van der Waals surface area contributed by atoms with E-state index >= 15 is 0 Å². The monoisotopic (exact) mass is 385 g/mol. The number of morpholine rings is 1. The molecule has 7 nitrogen and oxygen atoms in total. The van der Waals surface area contributed by atoms with Crippen LogP contribution in [0.15, 0.2) is 42.6 Å². The number of hydrogen-bond donors (Lipinski definition) is 1. The van der Waals surface area contributed by atoms with E-state index in [1.54, 1.807) is 18.3 Å². The number of ether oxygens (including phenoxy) is 3. The SMILES string of the molecule is CCOc1ccc(CC(=O)Nc2ccc(OCCN3CCOCC3)nc2)cc1. The number of aromatic nitrogens is 1. The first-order chi connectivity index (χ1) is 13.7. The van der Waals surface area contributed by atoms with E-state index in [4.69, 9.17) is 14.2 Å². The Morgan fingerprint density at radius 3 is 2.61 bits per heavy atom. The van der Waals surface area contributed by atoms with Crippen LogP contribution >= 0.6 is 0 Å². The predicted octanol–water partition coefficient (Wildman–Crippen LogP) is 2.37. The van der Waals surface area contributed by atoms with E-state index in [0.29, 0.717) is 31.2 Å². The Morgan fingerprint density at radius 1 is 1.14 bits per heavy atom. The van der Waals surface area contributed by atoms with Crippen molar-refractivity contribution in [3.63, 3.8) is 0 Å². The van der Waals surface area contributed by atoms with Crippen LogP contribution in [0.2, 0.25) is 0 Å². The molecule has 0 saturated carbocycles. The molecule has 2 heterocycles. The van der Waals surface area contributed by atoms with Crippen molar-refractivity contribution < 1.29 is 19.0 Å².